The van der Waals surface area contributed by atoms with Crippen LogP contribution in [0.3, 0.4) is 0 Å². The van der Waals surface area contributed by atoms with Crippen LogP contribution in [0.25, 0.3) is 0 Å². The van der Waals surface area contributed by atoms with Crippen LogP contribution in [0.4, 0.5) is 0 Å². The molecule has 7 heteroatoms. The van der Waals surface area contributed by atoms with Gasteiger partial charge in [0.1, 0.15) is 6.61 Å². The molecule has 1 aromatic carbocycles. The molecule has 1 aromatic heterocycles. The number of para-hydroxylation sites is 2. The lowest BCUT2D eigenvalue weighted by Crippen LogP contribution is -2.48. The summed E-state index contributed by atoms with van der Waals surface area (Å²) in [6.45, 7) is 3.80. The van der Waals surface area contributed by atoms with Gasteiger partial charge in [0.2, 0.25) is 11.8 Å². The smallest absolute Gasteiger partial charge is 0.242 e. The highest BCUT2D eigenvalue weighted by atomic mass is 32.1. The first-order chi connectivity index (χ1) is 15.1. The molecule has 31 heavy (non-hydrogen) atoms. The molecule has 0 spiro atoms. The molecule has 0 unspecified atom stereocenters. The average Bonchev–Trinajstić information content (AvgIpc) is 3.53. The number of carbonyl (C=O) groups is 2. The molecule has 166 valence electrons. The van der Waals surface area contributed by atoms with Gasteiger partial charge in [-0.2, -0.15) is 0 Å². The zero-order chi connectivity index (χ0) is 21.8. The van der Waals surface area contributed by atoms with Gasteiger partial charge < -0.3 is 19.3 Å². The van der Waals surface area contributed by atoms with Gasteiger partial charge in [-0.1, -0.05) is 19.1 Å². The SMILES string of the molecule is CCCN(CC(=O)N1CCc2sccc2[C@H]1COc1ccccc1OC)C(=O)C1CC1. The molecule has 1 fully saturated rings. The first-order valence-corrected chi connectivity index (χ1v) is 11.9. The Kier molecular flexibility index (Phi) is 6.80. The molecule has 0 radical (unpaired) electrons. The van der Waals surface area contributed by atoms with E-state index in [-0.39, 0.29) is 30.3 Å². The van der Waals surface area contributed by atoms with Crippen molar-refractivity contribution in [3.05, 3.63) is 46.2 Å². The molecule has 0 N–H and O–H groups in total. The number of methoxy groups -OCH3 is 1. The highest BCUT2D eigenvalue weighted by molar-refractivity contribution is 7.10. The number of fused-ring (bicyclic) bond motifs is 1. The van der Waals surface area contributed by atoms with Crippen LogP contribution in [0.2, 0.25) is 0 Å². The van der Waals surface area contributed by atoms with Gasteiger partial charge in [-0.05, 0) is 54.8 Å². The van der Waals surface area contributed by atoms with E-state index in [1.54, 1.807) is 23.3 Å². The molecule has 6 nitrogen and oxygen atoms in total. The molecule has 1 aliphatic carbocycles. The van der Waals surface area contributed by atoms with Crippen molar-refractivity contribution in [2.45, 2.75) is 38.6 Å². The number of hydrogen-bond acceptors (Lipinski definition) is 5. The molecule has 2 heterocycles. The number of rotatable bonds is 9. The summed E-state index contributed by atoms with van der Waals surface area (Å²) in [7, 11) is 1.62. The fraction of sp³-hybridized carbons (Fsp3) is 0.500. The number of amides is 2. The minimum atomic E-state index is -0.174. The predicted molar refractivity (Wildman–Crippen MR) is 121 cm³/mol. The largest absolute Gasteiger partial charge is 0.493 e. The summed E-state index contributed by atoms with van der Waals surface area (Å²) in [6.07, 6.45) is 3.59. The van der Waals surface area contributed by atoms with Crippen molar-refractivity contribution in [2.75, 3.05) is 33.4 Å². The minimum absolute atomic E-state index is 0.00655. The normalized spacial score (nSPS) is 17.7. The van der Waals surface area contributed by atoms with Crippen molar-refractivity contribution < 1.29 is 19.1 Å². The van der Waals surface area contributed by atoms with Crippen molar-refractivity contribution in [1.29, 1.82) is 0 Å². The molecule has 1 aliphatic heterocycles. The second-order valence-electron chi connectivity index (χ2n) is 8.15. The zero-order valence-corrected chi connectivity index (χ0v) is 19.0. The molecule has 4 rings (SSSR count). The van der Waals surface area contributed by atoms with E-state index >= 15 is 0 Å². The first kappa shape index (κ1) is 21.7. The zero-order valence-electron chi connectivity index (χ0n) is 18.2. The Morgan fingerprint density at radius 3 is 2.68 bits per heavy atom. The topological polar surface area (TPSA) is 59.1 Å². The Balaban J connectivity index is 1.51. The number of hydrogen-bond donors (Lipinski definition) is 0. The van der Waals surface area contributed by atoms with Crippen LogP contribution >= 0.6 is 11.3 Å². The Hall–Kier alpha value is -2.54. The summed E-state index contributed by atoms with van der Waals surface area (Å²) >= 11 is 1.73. The lowest BCUT2D eigenvalue weighted by molar-refractivity contribution is -0.143. The van der Waals surface area contributed by atoms with Crippen molar-refractivity contribution in [3.8, 4) is 11.5 Å². The van der Waals surface area contributed by atoms with E-state index in [9.17, 15) is 9.59 Å². The average molecular weight is 443 g/mol. The Morgan fingerprint density at radius 2 is 1.97 bits per heavy atom. The number of benzene rings is 1. The molecule has 1 atom stereocenters. The van der Waals surface area contributed by atoms with Gasteiger partial charge in [-0.3, -0.25) is 9.59 Å². The second-order valence-corrected chi connectivity index (χ2v) is 9.15. The van der Waals surface area contributed by atoms with Crippen LogP contribution in [-0.4, -0.2) is 55.0 Å². The van der Waals surface area contributed by atoms with E-state index in [1.807, 2.05) is 36.1 Å². The van der Waals surface area contributed by atoms with Gasteiger partial charge in [0.25, 0.3) is 0 Å². The van der Waals surface area contributed by atoms with Crippen LogP contribution < -0.4 is 9.47 Å². The third-order valence-electron chi connectivity index (χ3n) is 5.94. The van der Waals surface area contributed by atoms with E-state index < -0.39 is 0 Å². The molecular formula is C24H30N2O4S. The van der Waals surface area contributed by atoms with Crippen LogP contribution in [0, 0.1) is 5.92 Å². The molecule has 2 amide bonds. The number of carbonyl (C=O) groups excluding carboxylic acids is 2. The molecule has 1 saturated carbocycles. The van der Waals surface area contributed by atoms with Crippen molar-refractivity contribution in [2.24, 2.45) is 5.92 Å². The summed E-state index contributed by atoms with van der Waals surface area (Å²) in [4.78, 5) is 31.0. The molecule has 2 aliphatic rings. The van der Waals surface area contributed by atoms with Crippen molar-refractivity contribution in [3.63, 3.8) is 0 Å². The van der Waals surface area contributed by atoms with Gasteiger partial charge in [0.05, 0.1) is 19.7 Å². The fourth-order valence-electron chi connectivity index (χ4n) is 4.16. The van der Waals surface area contributed by atoms with Crippen LogP contribution in [0.5, 0.6) is 11.5 Å². The lowest BCUT2D eigenvalue weighted by Gasteiger charge is -2.37. The quantitative estimate of drug-likeness (QED) is 0.591. The van der Waals surface area contributed by atoms with Crippen LogP contribution in [0.15, 0.2) is 35.7 Å². The Labute approximate surface area is 187 Å². The summed E-state index contributed by atoms with van der Waals surface area (Å²) in [5.74, 6) is 1.58. The van der Waals surface area contributed by atoms with E-state index in [0.717, 1.165) is 31.2 Å². The van der Waals surface area contributed by atoms with Crippen LogP contribution in [0.1, 0.15) is 42.7 Å². The maximum absolute atomic E-state index is 13.4. The van der Waals surface area contributed by atoms with E-state index in [0.29, 0.717) is 31.2 Å². The van der Waals surface area contributed by atoms with E-state index in [4.69, 9.17) is 9.47 Å². The fourth-order valence-corrected chi connectivity index (χ4v) is 5.09. The van der Waals surface area contributed by atoms with E-state index in [2.05, 4.69) is 11.4 Å². The van der Waals surface area contributed by atoms with Crippen molar-refractivity contribution in [1.82, 2.24) is 9.80 Å². The third kappa shape index (κ3) is 4.87. The van der Waals surface area contributed by atoms with E-state index in [1.165, 1.54) is 4.88 Å². The highest BCUT2D eigenvalue weighted by Crippen LogP contribution is 2.36. The predicted octanol–water partition coefficient (Wildman–Crippen LogP) is 3.91. The highest BCUT2D eigenvalue weighted by Gasteiger charge is 2.37. The number of nitrogens with zero attached hydrogens (tertiary/aromatic N) is 2. The maximum Gasteiger partial charge on any atom is 0.242 e. The summed E-state index contributed by atoms with van der Waals surface area (Å²) in [5.41, 5.74) is 1.15. The summed E-state index contributed by atoms with van der Waals surface area (Å²) in [6, 6.07) is 9.46. The Morgan fingerprint density at radius 1 is 1.19 bits per heavy atom. The monoisotopic (exact) mass is 442 g/mol. The molecule has 0 saturated heterocycles. The second kappa shape index (κ2) is 9.73. The van der Waals surface area contributed by atoms with Crippen molar-refractivity contribution >= 4 is 23.2 Å². The van der Waals surface area contributed by atoms with Gasteiger partial charge in [-0.25, -0.2) is 0 Å². The van der Waals surface area contributed by atoms with Gasteiger partial charge >= 0.3 is 0 Å². The number of thiophene rings is 1. The molecule has 0 bridgehead atoms. The standard InChI is InChI=1S/C24H30N2O4S/c1-3-12-25(24(28)17-8-9-17)15-23(27)26-13-10-22-18(11-14-31-22)19(26)16-30-21-7-5-4-6-20(21)29-2/h4-7,11,14,17,19H,3,8-10,12-13,15-16H2,1-2H3/t19-/m1/s1. The molecule has 2 aromatic rings. The van der Waals surface area contributed by atoms with Crippen LogP contribution in [-0.2, 0) is 16.0 Å². The Bertz CT molecular complexity index is 924. The van der Waals surface area contributed by atoms with Gasteiger partial charge in [0.15, 0.2) is 11.5 Å². The maximum atomic E-state index is 13.4. The summed E-state index contributed by atoms with van der Waals surface area (Å²) < 4.78 is 11.5. The first-order valence-electron chi connectivity index (χ1n) is 11.0. The lowest BCUT2D eigenvalue weighted by atomic mass is 10.0. The number of ether oxygens (including phenoxy) is 2. The van der Waals surface area contributed by atoms with Gasteiger partial charge in [0, 0.05) is 23.9 Å². The molecular weight excluding hydrogens is 412 g/mol. The van der Waals surface area contributed by atoms with Gasteiger partial charge in [-0.15, -0.1) is 11.3 Å². The third-order valence-corrected chi connectivity index (χ3v) is 6.94. The minimum Gasteiger partial charge on any atom is -0.493 e. The summed E-state index contributed by atoms with van der Waals surface area (Å²) in [5, 5.41) is 2.08.